The van der Waals surface area contributed by atoms with Crippen LogP contribution in [0.15, 0.2) is 11.2 Å². The number of nitrogens with zero attached hydrogens (tertiary/aromatic N) is 1. The lowest BCUT2D eigenvalue weighted by Crippen LogP contribution is -2.43. The van der Waals surface area contributed by atoms with Crippen LogP contribution in [0.3, 0.4) is 0 Å². The summed E-state index contributed by atoms with van der Waals surface area (Å²) in [5, 5.41) is 16.5. The van der Waals surface area contributed by atoms with Crippen LogP contribution in [-0.2, 0) is 0 Å². The van der Waals surface area contributed by atoms with Crippen LogP contribution in [0.5, 0.6) is 0 Å². The summed E-state index contributed by atoms with van der Waals surface area (Å²) in [6.45, 7) is 3.68. The smallest absolute Gasteiger partial charge is 0.131 e. The molecule has 3 N–H and O–H groups in total. The molecule has 4 nitrogen and oxygen atoms in total. The van der Waals surface area contributed by atoms with Gasteiger partial charge in [-0.25, -0.2) is 9.92 Å². The molecule has 18 heavy (non-hydrogen) atoms. The van der Waals surface area contributed by atoms with Crippen molar-refractivity contribution in [3.8, 4) is 0 Å². The quantitative estimate of drug-likeness (QED) is 0.717. The first-order valence-electron chi connectivity index (χ1n) is 6.10. The molecule has 2 rings (SSSR count). The van der Waals surface area contributed by atoms with E-state index >= 15 is 0 Å². The van der Waals surface area contributed by atoms with Crippen molar-refractivity contribution in [2.75, 3.05) is 11.9 Å². The van der Waals surface area contributed by atoms with Crippen molar-refractivity contribution in [2.45, 2.75) is 38.7 Å². The second-order valence-electron chi connectivity index (χ2n) is 5.07. The average molecular weight is 251 g/mol. The summed E-state index contributed by atoms with van der Waals surface area (Å²) in [7, 11) is 0. The van der Waals surface area contributed by atoms with Crippen LogP contribution in [0.2, 0.25) is 0 Å². The largest absolute Gasteiger partial charge is 0.388 e. The molecular weight excluding hydrogens is 233 g/mol. The van der Waals surface area contributed by atoms with E-state index in [4.69, 9.17) is 5.53 Å². The number of halogens is 1. The molecular formula is C13H18FN3O. The van der Waals surface area contributed by atoms with E-state index < -0.39 is 5.60 Å². The number of hydrogen-bond donors (Lipinski definition) is 3. The van der Waals surface area contributed by atoms with Crippen molar-refractivity contribution < 1.29 is 9.50 Å². The Kier molecular flexibility index (Phi) is 3.34. The Morgan fingerprint density at radius 3 is 2.67 bits per heavy atom. The third-order valence-corrected chi connectivity index (χ3v) is 3.66. The molecule has 0 heterocycles. The standard InChI is InChI=1S/C13H18FN3O/c1-8-6-10(17-15)12(9(2)11(8)14)16-7-13(18)4-3-5-13/h6,15-16,18H,3-5,7H2,1-2H3. The molecule has 0 unspecified atom stereocenters. The fourth-order valence-electron chi connectivity index (χ4n) is 2.26. The molecule has 1 aromatic rings. The third kappa shape index (κ3) is 2.22. The van der Waals surface area contributed by atoms with Crippen molar-refractivity contribution >= 4 is 11.4 Å². The topological polar surface area (TPSA) is 68.5 Å². The van der Waals surface area contributed by atoms with Crippen LogP contribution in [-0.4, -0.2) is 17.3 Å². The van der Waals surface area contributed by atoms with E-state index in [1.165, 1.54) is 0 Å². The number of nitrogens with one attached hydrogen (secondary N) is 2. The molecule has 0 amide bonds. The number of benzene rings is 1. The zero-order chi connectivity index (χ0) is 13.3. The minimum absolute atomic E-state index is 0.287. The maximum absolute atomic E-state index is 13.8. The van der Waals surface area contributed by atoms with Gasteiger partial charge in [0.2, 0.25) is 0 Å². The molecule has 1 aliphatic carbocycles. The zero-order valence-corrected chi connectivity index (χ0v) is 10.7. The fourth-order valence-corrected chi connectivity index (χ4v) is 2.26. The van der Waals surface area contributed by atoms with E-state index in [0.717, 1.165) is 19.3 Å². The summed E-state index contributed by atoms with van der Waals surface area (Å²) in [6.07, 6.45) is 2.55. The van der Waals surface area contributed by atoms with Crippen LogP contribution in [0, 0.1) is 25.2 Å². The number of aryl methyl sites for hydroxylation is 1. The van der Waals surface area contributed by atoms with Crippen molar-refractivity contribution in [1.29, 1.82) is 5.53 Å². The molecule has 1 saturated carbocycles. The lowest BCUT2D eigenvalue weighted by atomic mass is 9.80. The Morgan fingerprint density at radius 1 is 1.50 bits per heavy atom. The molecule has 0 saturated heterocycles. The molecule has 0 radical (unpaired) electrons. The van der Waals surface area contributed by atoms with E-state index in [2.05, 4.69) is 10.4 Å². The molecule has 0 aliphatic heterocycles. The summed E-state index contributed by atoms with van der Waals surface area (Å²) >= 11 is 0. The van der Waals surface area contributed by atoms with Gasteiger partial charge in [0.25, 0.3) is 0 Å². The lowest BCUT2D eigenvalue weighted by Gasteiger charge is -2.37. The first-order chi connectivity index (χ1) is 8.47. The number of aliphatic hydroxyl groups is 1. The van der Waals surface area contributed by atoms with E-state index in [1.54, 1.807) is 19.9 Å². The van der Waals surface area contributed by atoms with Gasteiger partial charge in [-0.1, -0.05) is 0 Å². The van der Waals surface area contributed by atoms with Crippen LogP contribution in [0.25, 0.3) is 0 Å². The second-order valence-corrected chi connectivity index (χ2v) is 5.07. The molecule has 1 aromatic carbocycles. The molecule has 0 spiro atoms. The van der Waals surface area contributed by atoms with E-state index in [9.17, 15) is 9.50 Å². The second kappa shape index (κ2) is 4.65. The maximum Gasteiger partial charge on any atom is 0.131 e. The first-order valence-corrected chi connectivity index (χ1v) is 6.10. The van der Waals surface area contributed by atoms with Gasteiger partial charge in [0.05, 0.1) is 11.3 Å². The number of hydrogen-bond acceptors (Lipinski definition) is 4. The number of anilines is 1. The normalized spacial score (nSPS) is 17.1. The monoisotopic (exact) mass is 251 g/mol. The van der Waals surface area contributed by atoms with Crippen molar-refractivity contribution in [3.63, 3.8) is 0 Å². The van der Waals surface area contributed by atoms with Gasteiger partial charge in [-0.15, -0.1) is 0 Å². The highest BCUT2D eigenvalue weighted by atomic mass is 19.1. The SMILES string of the molecule is Cc1cc(N=N)c(NCC2(O)CCC2)c(C)c1F. The van der Waals surface area contributed by atoms with Gasteiger partial charge in [-0.3, -0.25) is 0 Å². The van der Waals surface area contributed by atoms with Gasteiger partial charge in [0, 0.05) is 12.1 Å². The Morgan fingerprint density at radius 2 is 2.17 bits per heavy atom. The highest BCUT2D eigenvalue weighted by Crippen LogP contribution is 2.36. The van der Waals surface area contributed by atoms with Gasteiger partial charge < -0.3 is 10.4 Å². The predicted molar refractivity (Wildman–Crippen MR) is 68.0 cm³/mol. The molecule has 0 atom stereocenters. The van der Waals surface area contributed by atoms with Crippen molar-refractivity contribution in [3.05, 3.63) is 23.0 Å². The van der Waals surface area contributed by atoms with Crippen LogP contribution in [0.1, 0.15) is 30.4 Å². The molecule has 98 valence electrons. The summed E-state index contributed by atoms with van der Waals surface area (Å²) in [4.78, 5) is 0. The maximum atomic E-state index is 13.8. The summed E-state index contributed by atoms with van der Waals surface area (Å²) < 4.78 is 13.8. The van der Waals surface area contributed by atoms with E-state index in [-0.39, 0.29) is 5.82 Å². The molecule has 5 heteroatoms. The Labute approximate surface area is 106 Å². The van der Waals surface area contributed by atoms with Gasteiger partial charge in [-0.05, 0) is 44.7 Å². The summed E-state index contributed by atoms with van der Waals surface area (Å²) in [6, 6.07) is 1.54. The summed E-state index contributed by atoms with van der Waals surface area (Å²) in [5.74, 6) is -0.287. The minimum Gasteiger partial charge on any atom is -0.388 e. The van der Waals surface area contributed by atoms with Crippen LogP contribution in [0.4, 0.5) is 15.8 Å². The van der Waals surface area contributed by atoms with Gasteiger partial charge >= 0.3 is 0 Å². The van der Waals surface area contributed by atoms with Crippen LogP contribution < -0.4 is 5.32 Å². The molecule has 1 aliphatic rings. The van der Waals surface area contributed by atoms with Crippen molar-refractivity contribution in [1.82, 2.24) is 0 Å². The van der Waals surface area contributed by atoms with Crippen molar-refractivity contribution in [2.24, 2.45) is 5.11 Å². The van der Waals surface area contributed by atoms with Gasteiger partial charge in [-0.2, -0.15) is 5.11 Å². The zero-order valence-electron chi connectivity index (χ0n) is 10.7. The predicted octanol–water partition coefficient (Wildman–Crippen LogP) is 3.43. The molecule has 1 fully saturated rings. The van der Waals surface area contributed by atoms with E-state index in [0.29, 0.717) is 29.0 Å². The Balaban J connectivity index is 2.25. The highest BCUT2D eigenvalue weighted by Gasteiger charge is 2.34. The third-order valence-electron chi connectivity index (χ3n) is 3.66. The Hall–Kier alpha value is -1.49. The number of rotatable bonds is 4. The Bertz CT molecular complexity index is 484. The van der Waals surface area contributed by atoms with E-state index in [1.807, 2.05) is 0 Å². The first kappa shape index (κ1) is 13.0. The van der Waals surface area contributed by atoms with Gasteiger partial charge in [0.1, 0.15) is 11.5 Å². The lowest BCUT2D eigenvalue weighted by molar-refractivity contribution is -0.0201. The minimum atomic E-state index is -0.687. The van der Waals surface area contributed by atoms with Gasteiger partial charge in [0.15, 0.2) is 0 Å². The average Bonchev–Trinajstić information content (AvgIpc) is 2.32. The highest BCUT2D eigenvalue weighted by molar-refractivity contribution is 5.70. The molecule has 0 bridgehead atoms. The summed E-state index contributed by atoms with van der Waals surface area (Å²) in [5.41, 5.74) is 8.30. The van der Waals surface area contributed by atoms with Crippen LogP contribution >= 0.6 is 0 Å². The fraction of sp³-hybridized carbons (Fsp3) is 0.538. The molecule has 0 aromatic heterocycles.